The fourth-order valence-corrected chi connectivity index (χ4v) is 12.2. The number of aromatic nitrogens is 4. The molecule has 8 aromatic carbocycles. The van der Waals surface area contributed by atoms with Crippen molar-refractivity contribution in [2.75, 3.05) is 0 Å². The zero-order chi connectivity index (χ0) is 58.1. The third-order valence-corrected chi connectivity index (χ3v) is 17.2. The molecule has 82 heavy (non-hydrogen) atoms. The molecule has 0 saturated carbocycles. The Hall–Kier alpha value is -8.28. The van der Waals surface area contributed by atoms with Crippen LogP contribution in [-0.4, -0.2) is 14.1 Å². The molecule has 0 spiro atoms. The number of pyridine rings is 1. The summed E-state index contributed by atoms with van der Waals surface area (Å²) >= 11 is 0. The summed E-state index contributed by atoms with van der Waals surface area (Å²) in [4.78, 5) is 5.07. The van der Waals surface area contributed by atoms with Crippen molar-refractivity contribution < 1.29 is 9.30 Å². The molecular formula is C77H80N4O. The maximum atomic E-state index is 7.45. The largest absolute Gasteiger partial charge is 0.458 e. The Labute approximate surface area is 488 Å². The van der Waals surface area contributed by atoms with Crippen LogP contribution in [0.3, 0.4) is 0 Å². The van der Waals surface area contributed by atoms with Crippen molar-refractivity contribution >= 4 is 21.8 Å². The Morgan fingerprint density at radius 2 is 0.963 bits per heavy atom. The van der Waals surface area contributed by atoms with E-state index in [-0.39, 0.29) is 21.7 Å². The molecule has 414 valence electrons. The van der Waals surface area contributed by atoms with Crippen LogP contribution in [0.25, 0.3) is 50.1 Å². The monoisotopic (exact) mass is 1080 g/mol. The van der Waals surface area contributed by atoms with Crippen LogP contribution >= 0.6 is 0 Å². The molecule has 0 atom stereocenters. The summed E-state index contributed by atoms with van der Waals surface area (Å²) in [5.41, 5.74) is 15.2. The third-order valence-electron chi connectivity index (χ3n) is 17.2. The summed E-state index contributed by atoms with van der Waals surface area (Å²) in [5, 5.41) is 2.40. The fourth-order valence-electron chi connectivity index (χ4n) is 12.2. The summed E-state index contributed by atoms with van der Waals surface area (Å²) in [5.74, 6) is 2.40. The molecule has 0 aliphatic heterocycles. The van der Waals surface area contributed by atoms with E-state index >= 15 is 0 Å². The molecule has 0 aliphatic carbocycles. The van der Waals surface area contributed by atoms with Crippen LogP contribution in [0.5, 0.6) is 11.5 Å². The molecule has 0 fully saturated rings. The molecule has 11 aromatic rings. The Morgan fingerprint density at radius 3 is 1.56 bits per heavy atom. The van der Waals surface area contributed by atoms with Crippen LogP contribution in [0.2, 0.25) is 0 Å². The lowest BCUT2D eigenvalue weighted by Gasteiger charge is -2.35. The zero-order valence-corrected chi connectivity index (χ0v) is 50.9. The van der Waals surface area contributed by atoms with Gasteiger partial charge in [0, 0.05) is 39.3 Å². The first-order chi connectivity index (χ1) is 38.8. The van der Waals surface area contributed by atoms with E-state index < -0.39 is 10.8 Å². The van der Waals surface area contributed by atoms with E-state index in [0.717, 1.165) is 67.8 Å². The number of imidazole rings is 1. The Bertz CT molecular complexity index is 4120. The van der Waals surface area contributed by atoms with Crippen LogP contribution in [0.1, 0.15) is 154 Å². The molecule has 3 aromatic heterocycles. The molecule has 0 aliphatic rings. The van der Waals surface area contributed by atoms with E-state index in [1.54, 1.807) is 0 Å². The minimum atomic E-state index is -0.551. The summed E-state index contributed by atoms with van der Waals surface area (Å²) in [7, 11) is 0. The average molecular weight is 1080 g/mol. The number of benzene rings is 8. The van der Waals surface area contributed by atoms with Crippen molar-refractivity contribution in [1.82, 2.24) is 14.1 Å². The van der Waals surface area contributed by atoms with Crippen LogP contribution < -0.4 is 9.30 Å². The molecule has 0 radical (unpaired) electrons. The van der Waals surface area contributed by atoms with Crippen molar-refractivity contribution in [3.05, 3.63) is 269 Å². The minimum absolute atomic E-state index is 0.0594. The van der Waals surface area contributed by atoms with Crippen LogP contribution in [0.15, 0.2) is 212 Å². The fraction of sp³-hybridized carbons (Fsp3) is 0.273. The lowest BCUT2D eigenvalue weighted by molar-refractivity contribution is -0.611. The van der Waals surface area contributed by atoms with Crippen LogP contribution in [0, 0.1) is 6.33 Å². The topological polar surface area (TPSA) is 35.9 Å². The maximum Gasteiger partial charge on any atom is 0.269 e. The Kier molecular flexibility index (Phi) is 14.0. The molecule has 0 bridgehead atoms. The van der Waals surface area contributed by atoms with Crippen molar-refractivity contribution in [2.24, 2.45) is 0 Å². The van der Waals surface area contributed by atoms with Gasteiger partial charge in [0.25, 0.3) is 6.33 Å². The van der Waals surface area contributed by atoms with Gasteiger partial charge in [-0.05, 0) is 121 Å². The number of hydrogen-bond acceptors (Lipinski definition) is 2. The van der Waals surface area contributed by atoms with Crippen molar-refractivity contribution in [1.29, 1.82) is 0 Å². The highest BCUT2D eigenvalue weighted by molar-refractivity contribution is 6.11. The van der Waals surface area contributed by atoms with E-state index in [9.17, 15) is 0 Å². The van der Waals surface area contributed by atoms with Gasteiger partial charge < -0.3 is 4.74 Å². The van der Waals surface area contributed by atoms with Crippen LogP contribution in [0.4, 0.5) is 0 Å². The van der Waals surface area contributed by atoms with Gasteiger partial charge in [0.05, 0.1) is 33.8 Å². The number of rotatable bonds is 12. The van der Waals surface area contributed by atoms with E-state index in [2.05, 4.69) is 330 Å². The number of fused-ring (bicyclic) bond motifs is 3. The highest BCUT2D eigenvalue weighted by atomic mass is 16.5. The Morgan fingerprint density at radius 1 is 0.415 bits per heavy atom. The lowest BCUT2D eigenvalue weighted by atomic mass is 9.73. The second kappa shape index (κ2) is 20.6. The van der Waals surface area contributed by atoms with Gasteiger partial charge in [0.15, 0.2) is 0 Å². The summed E-state index contributed by atoms with van der Waals surface area (Å²) in [6.45, 7) is 34.8. The first-order valence-corrected chi connectivity index (χ1v) is 29.2. The van der Waals surface area contributed by atoms with E-state index in [4.69, 9.17) is 9.72 Å². The first-order valence-electron chi connectivity index (χ1n) is 29.2. The third kappa shape index (κ3) is 10.3. The molecule has 0 amide bonds. The van der Waals surface area contributed by atoms with Crippen LogP contribution in [-0.2, 0) is 32.5 Å². The van der Waals surface area contributed by atoms with E-state index in [0.29, 0.717) is 0 Å². The zero-order valence-electron chi connectivity index (χ0n) is 50.9. The van der Waals surface area contributed by atoms with E-state index in [1.165, 1.54) is 44.2 Å². The van der Waals surface area contributed by atoms with Gasteiger partial charge in [-0.2, -0.15) is 0 Å². The molecule has 0 unspecified atom stereocenters. The minimum Gasteiger partial charge on any atom is -0.458 e. The normalized spacial score (nSPS) is 12.8. The molecular weight excluding hydrogens is 997 g/mol. The molecule has 3 heterocycles. The number of para-hydroxylation sites is 1. The van der Waals surface area contributed by atoms with Gasteiger partial charge in [-0.15, -0.1) is 0 Å². The second-order valence-electron chi connectivity index (χ2n) is 27.3. The molecule has 11 rings (SSSR count). The molecule has 0 N–H and O–H groups in total. The molecule has 5 nitrogen and oxygen atoms in total. The summed E-state index contributed by atoms with van der Waals surface area (Å²) < 4.78 is 14.5. The standard InChI is InChI=1S/C77H80N4O/c1-72(2,3)57-40-41-78-68(47-57)81-66-39-29-28-38-64(66)69-65(74(7,8)9)49-63(50-67(69)81)82-62-46-58(73(4,5)6)44-61(48-62)80-51-79(70(76(12,13)55-34-24-18-25-35-55)71(80)77(14,15)56-36-26-19-27-37-56)60-43-53(52-30-20-16-21-31-52)42-59(45-60)75(10,11)54-32-22-17-23-33-54/h16-50H,1-15H3. The van der Waals surface area contributed by atoms with Gasteiger partial charge in [0.1, 0.15) is 17.3 Å². The predicted molar refractivity (Wildman–Crippen MR) is 342 cm³/mol. The number of hydrogen-bond donors (Lipinski definition) is 0. The van der Waals surface area contributed by atoms with E-state index in [1.807, 2.05) is 6.20 Å². The van der Waals surface area contributed by atoms with Crippen molar-refractivity contribution in [2.45, 2.75) is 136 Å². The number of nitrogens with zero attached hydrogens (tertiary/aromatic N) is 4. The second-order valence-corrected chi connectivity index (χ2v) is 27.3. The highest BCUT2D eigenvalue weighted by Crippen LogP contribution is 2.46. The smallest absolute Gasteiger partial charge is 0.269 e. The SMILES string of the molecule is CC(C)(C)c1cc(Oc2cc(C(C)(C)C)c3c4ccccc4n(-c4cc(C(C)(C)C)ccn4)c3c2)cc(-n2[c-][n+](-c3cc(-c4ccccc4)cc(C(C)(C)c4ccccc4)c3)c(C(C)(C)c3ccccc3)c2C(C)(C)c2ccccc2)c1. The van der Waals surface area contributed by atoms with Gasteiger partial charge in [-0.25, -0.2) is 4.98 Å². The lowest BCUT2D eigenvalue weighted by Crippen LogP contribution is -2.43. The Balaban J connectivity index is 1.20. The quantitative estimate of drug-likeness (QED) is 0.0903. The summed E-state index contributed by atoms with van der Waals surface area (Å²) in [6.07, 6.45) is 6.13. The molecule has 5 heteroatoms. The van der Waals surface area contributed by atoms with Gasteiger partial charge >= 0.3 is 0 Å². The summed E-state index contributed by atoms with van der Waals surface area (Å²) in [6, 6.07) is 75.3. The van der Waals surface area contributed by atoms with Gasteiger partial charge in [-0.1, -0.05) is 249 Å². The average Bonchev–Trinajstić information content (AvgIpc) is 1.82. The van der Waals surface area contributed by atoms with Gasteiger partial charge in [0.2, 0.25) is 0 Å². The van der Waals surface area contributed by atoms with Crippen molar-refractivity contribution in [3.8, 4) is 39.8 Å². The van der Waals surface area contributed by atoms with Gasteiger partial charge in [-0.3, -0.25) is 13.7 Å². The number of ether oxygens (including phenoxy) is 1. The predicted octanol–water partition coefficient (Wildman–Crippen LogP) is 19.4. The highest BCUT2D eigenvalue weighted by Gasteiger charge is 2.41. The molecule has 0 saturated heterocycles. The first kappa shape index (κ1) is 55.6. The van der Waals surface area contributed by atoms with Crippen molar-refractivity contribution in [3.63, 3.8) is 0 Å². The maximum absolute atomic E-state index is 7.45.